The molecule has 0 aromatic heterocycles. The van der Waals surface area contributed by atoms with E-state index in [4.69, 9.17) is 5.11 Å². The van der Waals surface area contributed by atoms with Crippen LogP contribution in [0.5, 0.6) is 0 Å². The molecule has 0 unspecified atom stereocenters. The van der Waals surface area contributed by atoms with E-state index < -0.39 is 8.07 Å². The van der Waals surface area contributed by atoms with Crippen molar-refractivity contribution in [3.05, 3.63) is 12.3 Å². The van der Waals surface area contributed by atoms with Gasteiger partial charge in [0.2, 0.25) is 0 Å². The standard InChI is InChI=1S/C6H14OSi/c1-4-8(2,3)6-5-7/h4,7H,1,5-6H2,2-3H3. The van der Waals surface area contributed by atoms with Gasteiger partial charge in [-0.15, -0.1) is 12.3 Å². The molecule has 0 radical (unpaired) electrons. The molecule has 0 atom stereocenters. The van der Waals surface area contributed by atoms with Gasteiger partial charge < -0.3 is 5.11 Å². The van der Waals surface area contributed by atoms with Crippen LogP contribution in [-0.2, 0) is 0 Å². The fraction of sp³-hybridized carbons (Fsp3) is 0.667. The molecule has 0 aromatic carbocycles. The molecule has 1 nitrogen and oxygen atoms in total. The van der Waals surface area contributed by atoms with E-state index in [-0.39, 0.29) is 0 Å². The first kappa shape index (κ1) is 7.92. The van der Waals surface area contributed by atoms with E-state index in [0.717, 1.165) is 6.04 Å². The zero-order valence-electron chi connectivity index (χ0n) is 5.65. The Balaban J connectivity index is 3.53. The molecule has 0 amide bonds. The van der Waals surface area contributed by atoms with Crippen molar-refractivity contribution < 1.29 is 5.11 Å². The molecule has 8 heavy (non-hydrogen) atoms. The zero-order chi connectivity index (χ0) is 6.62. The fourth-order valence-electron chi connectivity index (χ4n) is 0.390. The third-order valence-corrected chi connectivity index (χ3v) is 3.93. The highest BCUT2D eigenvalue weighted by atomic mass is 28.3. The monoisotopic (exact) mass is 130 g/mol. The second-order valence-corrected chi connectivity index (χ2v) is 7.55. The molecule has 0 heterocycles. The lowest BCUT2D eigenvalue weighted by Crippen LogP contribution is -2.22. The maximum absolute atomic E-state index is 8.52. The fourth-order valence-corrected chi connectivity index (χ4v) is 1.17. The second kappa shape index (κ2) is 3.05. The number of hydrogen-bond acceptors (Lipinski definition) is 1. The van der Waals surface area contributed by atoms with Crippen molar-refractivity contribution in [1.82, 2.24) is 0 Å². The SMILES string of the molecule is C=C[Si](C)(C)CCO. The Morgan fingerprint density at radius 2 is 2.12 bits per heavy atom. The lowest BCUT2D eigenvalue weighted by molar-refractivity contribution is 0.317. The summed E-state index contributed by atoms with van der Waals surface area (Å²) in [6.45, 7) is 8.39. The van der Waals surface area contributed by atoms with Crippen molar-refractivity contribution in [1.29, 1.82) is 0 Å². The van der Waals surface area contributed by atoms with Crippen molar-refractivity contribution in [3.8, 4) is 0 Å². The van der Waals surface area contributed by atoms with Crippen LogP contribution in [0.2, 0.25) is 19.1 Å². The van der Waals surface area contributed by atoms with Gasteiger partial charge in [-0.2, -0.15) is 0 Å². The Labute approximate surface area is 52.0 Å². The van der Waals surface area contributed by atoms with Crippen LogP contribution in [0.15, 0.2) is 12.3 Å². The summed E-state index contributed by atoms with van der Waals surface area (Å²) in [6, 6.07) is 0.941. The molecule has 0 saturated heterocycles. The highest BCUT2D eigenvalue weighted by Crippen LogP contribution is 2.07. The maximum Gasteiger partial charge on any atom is 0.0732 e. The molecule has 0 aliphatic carbocycles. The highest BCUT2D eigenvalue weighted by Gasteiger charge is 2.13. The van der Waals surface area contributed by atoms with Crippen LogP contribution in [0.3, 0.4) is 0 Å². The van der Waals surface area contributed by atoms with Gasteiger partial charge in [-0.05, 0) is 6.04 Å². The van der Waals surface area contributed by atoms with Crippen LogP contribution in [0.1, 0.15) is 0 Å². The lowest BCUT2D eigenvalue weighted by atomic mass is 10.9. The molecular weight excluding hydrogens is 116 g/mol. The summed E-state index contributed by atoms with van der Waals surface area (Å²) >= 11 is 0. The number of aliphatic hydroxyl groups is 1. The van der Waals surface area contributed by atoms with Gasteiger partial charge in [0.25, 0.3) is 0 Å². The minimum Gasteiger partial charge on any atom is -0.397 e. The van der Waals surface area contributed by atoms with Crippen molar-refractivity contribution >= 4 is 8.07 Å². The van der Waals surface area contributed by atoms with Gasteiger partial charge in [0.1, 0.15) is 0 Å². The highest BCUT2D eigenvalue weighted by molar-refractivity contribution is 6.82. The predicted octanol–water partition coefficient (Wildman–Crippen LogP) is 1.41. The summed E-state index contributed by atoms with van der Waals surface area (Å²) in [7, 11) is -1.16. The lowest BCUT2D eigenvalue weighted by Gasteiger charge is -2.13. The number of aliphatic hydroxyl groups excluding tert-OH is 1. The van der Waals surface area contributed by atoms with E-state index in [0.29, 0.717) is 6.61 Å². The Kier molecular flexibility index (Phi) is 3.01. The smallest absolute Gasteiger partial charge is 0.0732 e. The normalized spacial score (nSPS) is 11.4. The third kappa shape index (κ3) is 2.99. The Bertz CT molecular complexity index is 78.6. The molecule has 0 aliphatic heterocycles. The topological polar surface area (TPSA) is 20.2 Å². The first-order chi connectivity index (χ1) is 3.62. The van der Waals surface area contributed by atoms with Gasteiger partial charge >= 0.3 is 0 Å². The average Bonchev–Trinajstić information content (AvgIpc) is 1.67. The van der Waals surface area contributed by atoms with Crippen molar-refractivity contribution in [2.24, 2.45) is 0 Å². The summed E-state index contributed by atoms with van der Waals surface area (Å²) in [5.74, 6) is 0. The quantitative estimate of drug-likeness (QED) is 0.573. The molecule has 0 fully saturated rings. The summed E-state index contributed by atoms with van der Waals surface area (Å²) in [5, 5.41) is 8.52. The Morgan fingerprint density at radius 3 is 2.25 bits per heavy atom. The van der Waals surface area contributed by atoms with Gasteiger partial charge in [0.15, 0.2) is 0 Å². The molecule has 0 bridgehead atoms. The molecular formula is C6H14OSi. The van der Waals surface area contributed by atoms with Crippen LogP contribution in [0.4, 0.5) is 0 Å². The summed E-state index contributed by atoms with van der Waals surface area (Å²) in [5.41, 5.74) is 2.00. The number of hydrogen-bond donors (Lipinski definition) is 1. The second-order valence-electron chi connectivity index (χ2n) is 2.67. The molecule has 0 spiro atoms. The molecule has 0 saturated carbocycles. The minimum atomic E-state index is -1.16. The Hall–Kier alpha value is -0.0831. The van der Waals surface area contributed by atoms with Gasteiger partial charge in [-0.3, -0.25) is 0 Å². The molecule has 48 valence electrons. The van der Waals surface area contributed by atoms with E-state index in [2.05, 4.69) is 19.7 Å². The van der Waals surface area contributed by atoms with Gasteiger partial charge in [-0.25, -0.2) is 0 Å². The Morgan fingerprint density at radius 1 is 1.62 bits per heavy atom. The van der Waals surface area contributed by atoms with Crippen LogP contribution in [-0.4, -0.2) is 19.8 Å². The predicted molar refractivity (Wildman–Crippen MR) is 39.6 cm³/mol. The van der Waals surface area contributed by atoms with Crippen molar-refractivity contribution in [2.75, 3.05) is 6.61 Å². The molecule has 0 aromatic rings. The third-order valence-electron chi connectivity index (χ3n) is 1.31. The van der Waals surface area contributed by atoms with Crippen molar-refractivity contribution in [3.63, 3.8) is 0 Å². The largest absolute Gasteiger partial charge is 0.397 e. The molecule has 0 rings (SSSR count). The van der Waals surface area contributed by atoms with Gasteiger partial charge in [-0.1, -0.05) is 13.1 Å². The van der Waals surface area contributed by atoms with Crippen LogP contribution in [0, 0.1) is 0 Å². The van der Waals surface area contributed by atoms with E-state index in [1.54, 1.807) is 0 Å². The summed E-state index contributed by atoms with van der Waals surface area (Å²) in [6.07, 6.45) is 0. The molecule has 1 N–H and O–H groups in total. The van der Waals surface area contributed by atoms with Crippen LogP contribution >= 0.6 is 0 Å². The summed E-state index contributed by atoms with van der Waals surface area (Å²) < 4.78 is 0. The first-order valence-electron chi connectivity index (χ1n) is 2.87. The zero-order valence-corrected chi connectivity index (χ0v) is 6.65. The van der Waals surface area contributed by atoms with Gasteiger partial charge in [0, 0.05) is 6.61 Å². The van der Waals surface area contributed by atoms with E-state index in [9.17, 15) is 0 Å². The minimum absolute atomic E-state index is 0.311. The van der Waals surface area contributed by atoms with Crippen molar-refractivity contribution in [2.45, 2.75) is 19.1 Å². The average molecular weight is 130 g/mol. The van der Waals surface area contributed by atoms with Crippen LogP contribution < -0.4 is 0 Å². The maximum atomic E-state index is 8.52. The van der Waals surface area contributed by atoms with E-state index in [1.807, 2.05) is 5.70 Å². The van der Waals surface area contributed by atoms with E-state index >= 15 is 0 Å². The molecule has 0 aliphatic rings. The van der Waals surface area contributed by atoms with Gasteiger partial charge in [0.05, 0.1) is 8.07 Å². The molecule has 2 heteroatoms. The first-order valence-corrected chi connectivity index (χ1v) is 6.15. The van der Waals surface area contributed by atoms with Crippen LogP contribution in [0.25, 0.3) is 0 Å². The summed E-state index contributed by atoms with van der Waals surface area (Å²) in [4.78, 5) is 0. The van der Waals surface area contributed by atoms with E-state index in [1.165, 1.54) is 0 Å². The number of rotatable bonds is 3.